The number of hydrogen-bond acceptors (Lipinski definition) is 3. The molecule has 0 fully saturated rings. The van der Waals surface area contributed by atoms with E-state index >= 15 is 0 Å². The van der Waals surface area contributed by atoms with Gasteiger partial charge in [-0.2, -0.15) is 0 Å². The largest absolute Gasteiger partial charge is 0.397 e. The van der Waals surface area contributed by atoms with E-state index in [0.717, 1.165) is 35.7 Å². The van der Waals surface area contributed by atoms with Crippen LogP contribution in [0, 0.1) is 5.92 Å². The monoisotopic (exact) mass is 275 g/mol. The second-order valence-electron chi connectivity index (χ2n) is 5.51. The molecule has 110 valence electrons. The van der Waals surface area contributed by atoms with E-state index < -0.39 is 0 Å². The summed E-state index contributed by atoms with van der Waals surface area (Å²) in [6, 6.07) is 3.97. The molecule has 1 amide bonds. The van der Waals surface area contributed by atoms with E-state index in [1.165, 1.54) is 12.8 Å². The van der Waals surface area contributed by atoms with Crippen LogP contribution in [0.1, 0.15) is 39.2 Å². The lowest BCUT2D eigenvalue weighted by molar-refractivity contribution is -0.115. The molecule has 0 radical (unpaired) electrons. The molecule has 4 nitrogen and oxygen atoms in total. The molecule has 0 bridgehead atoms. The van der Waals surface area contributed by atoms with Gasteiger partial charge in [0.25, 0.3) is 0 Å². The van der Waals surface area contributed by atoms with Gasteiger partial charge in [-0.3, -0.25) is 4.79 Å². The average molecular weight is 275 g/mol. The number of benzene rings is 1. The first kappa shape index (κ1) is 14.7. The number of rotatable bonds is 6. The molecule has 1 aromatic rings. The summed E-state index contributed by atoms with van der Waals surface area (Å²) in [7, 11) is 0. The normalized spacial score (nSPS) is 13.5. The zero-order valence-corrected chi connectivity index (χ0v) is 12.7. The minimum Gasteiger partial charge on any atom is -0.397 e. The first-order valence-corrected chi connectivity index (χ1v) is 7.56. The lowest BCUT2D eigenvalue weighted by atomic mass is 10.0. The van der Waals surface area contributed by atoms with Crippen LogP contribution in [-0.4, -0.2) is 19.0 Å². The van der Waals surface area contributed by atoms with Gasteiger partial charge in [0, 0.05) is 18.8 Å². The molecule has 20 heavy (non-hydrogen) atoms. The quantitative estimate of drug-likeness (QED) is 0.785. The van der Waals surface area contributed by atoms with Crippen molar-refractivity contribution in [2.24, 2.45) is 5.92 Å². The van der Waals surface area contributed by atoms with E-state index in [9.17, 15) is 4.79 Å². The predicted molar refractivity (Wildman–Crippen MR) is 85.1 cm³/mol. The van der Waals surface area contributed by atoms with Crippen LogP contribution in [-0.2, 0) is 11.2 Å². The van der Waals surface area contributed by atoms with Crippen LogP contribution in [0.5, 0.6) is 0 Å². The van der Waals surface area contributed by atoms with Crippen molar-refractivity contribution in [1.29, 1.82) is 0 Å². The number of amides is 1. The molecule has 0 saturated carbocycles. The van der Waals surface area contributed by atoms with E-state index in [-0.39, 0.29) is 5.91 Å². The van der Waals surface area contributed by atoms with Crippen molar-refractivity contribution in [3.8, 4) is 0 Å². The number of nitrogens with two attached hydrogens (primary N) is 1. The Bertz CT molecular complexity index is 495. The van der Waals surface area contributed by atoms with Gasteiger partial charge >= 0.3 is 0 Å². The van der Waals surface area contributed by atoms with Crippen LogP contribution >= 0.6 is 0 Å². The molecule has 1 aliphatic rings. The highest BCUT2D eigenvalue weighted by Crippen LogP contribution is 2.34. The molecule has 0 aromatic heterocycles. The summed E-state index contributed by atoms with van der Waals surface area (Å²) >= 11 is 0. The Morgan fingerprint density at radius 3 is 2.60 bits per heavy atom. The molecule has 3 N–H and O–H groups in total. The molecular formula is C16H25N3O. The molecule has 0 atom stereocenters. The van der Waals surface area contributed by atoms with Gasteiger partial charge in [-0.15, -0.1) is 0 Å². The maximum absolute atomic E-state index is 11.5. The summed E-state index contributed by atoms with van der Waals surface area (Å²) in [6.07, 6.45) is 2.79. The Kier molecular flexibility index (Phi) is 4.53. The lowest BCUT2D eigenvalue weighted by Crippen LogP contribution is -2.29. The summed E-state index contributed by atoms with van der Waals surface area (Å²) in [5.74, 6) is 0.733. The molecule has 1 aliphatic heterocycles. The highest BCUT2D eigenvalue weighted by atomic mass is 16.1. The molecule has 0 spiro atoms. The van der Waals surface area contributed by atoms with Crippen LogP contribution in [0.25, 0.3) is 0 Å². The van der Waals surface area contributed by atoms with Crippen molar-refractivity contribution in [3.63, 3.8) is 0 Å². The first-order chi connectivity index (χ1) is 9.58. The third kappa shape index (κ3) is 2.89. The minimum absolute atomic E-state index is 0.0552. The second kappa shape index (κ2) is 6.16. The van der Waals surface area contributed by atoms with Crippen LogP contribution in [0.4, 0.5) is 17.1 Å². The number of carbonyl (C=O) groups excluding carboxylic acids is 1. The van der Waals surface area contributed by atoms with Gasteiger partial charge in [0.1, 0.15) is 0 Å². The van der Waals surface area contributed by atoms with Gasteiger partial charge in [0.05, 0.1) is 17.8 Å². The second-order valence-corrected chi connectivity index (χ2v) is 5.51. The number of carbonyl (C=O) groups is 1. The van der Waals surface area contributed by atoms with E-state index in [0.29, 0.717) is 12.3 Å². The Balaban J connectivity index is 2.26. The maximum Gasteiger partial charge on any atom is 0.228 e. The lowest BCUT2D eigenvalue weighted by Gasteiger charge is -2.29. The molecular weight excluding hydrogens is 250 g/mol. The van der Waals surface area contributed by atoms with Gasteiger partial charge in [0.2, 0.25) is 5.91 Å². The van der Waals surface area contributed by atoms with Crippen molar-refractivity contribution in [3.05, 3.63) is 17.7 Å². The van der Waals surface area contributed by atoms with E-state index in [1.807, 2.05) is 12.1 Å². The third-order valence-corrected chi connectivity index (χ3v) is 4.23. The summed E-state index contributed by atoms with van der Waals surface area (Å²) in [6.45, 7) is 8.55. The van der Waals surface area contributed by atoms with Crippen LogP contribution in [0.2, 0.25) is 0 Å². The maximum atomic E-state index is 11.5. The number of anilines is 3. The van der Waals surface area contributed by atoms with Crippen LogP contribution in [0.15, 0.2) is 12.1 Å². The fourth-order valence-corrected chi connectivity index (χ4v) is 2.81. The van der Waals surface area contributed by atoms with Crippen molar-refractivity contribution in [2.75, 3.05) is 29.0 Å². The van der Waals surface area contributed by atoms with E-state index in [1.54, 1.807) is 0 Å². The van der Waals surface area contributed by atoms with Gasteiger partial charge in [-0.05, 0) is 30.5 Å². The molecule has 0 aliphatic carbocycles. The third-order valence-electron chi connectivity index (χ3n) is 4.23. The van der Waals surface area contributed by atoms with Gasteiger partial charge < -0.3 is 16.0 Å². The zero-order chi connectivity index (χ0) is 14.7. The molecule has 0 saturated heterocycles. The van der Waals surface area contributed by atoms with Crippen molar-refractivity contribution < 1.29 is 4.79 Å². The fraction of sp³-hybridized carbons (Fsp3) is 0.562. The van der Waals surface area contributed by atoms with Crippen LogP contribution in [0.3, 0.4) is 0 Å². The van der Waals surface area contributed by atoms with Gasteiger partial charge in [0.15, 0.2) is 0 Å². The Morgan fingerprint density at radius 2 is 2.00 bits per heavy atom. The first-order valence-electron chi connectivity index (χ1n) is 7.56. The van der Waals surface area contributed by atoms with Crippen molar-refractivity contribution in [1.82, 2.24) is 0 Å². The van der Waals surface area contributed by atoms with Crippen LogP contribution < -0.4 is 16.0 Å². The van der Waals surface area contributed by atoms with E-state index in [2.05, 4.69) is 31.0 Å². The smallest absolute Gasteiger partial charge is 0.228 e. The molecule has 2 rings (SSSR count). The predicted octanol–water partition coefficient (Wildman–Crippen LogP) is 3.03. The molecule has 0 unspecified atom stereocenters. The zero-order valence-electron chi connectivity index (χ0n) is 12.7. The Labute approximate surface area is 121 Å². The topological polar surface area (TPSA) is 58.4 Å². The van der Waals surface area contributed by atoms with Gasteiger partial charge in [-0.25, -0.2) is 0 Å². The number of fused-ring (bicyclic) bond motifs is 1. The molecule has 4 heteroatoms. The number of nitrogens with zero attached hydrogens (tertiary/aromatic N) is 1. The summed E-state index contributed by atoms with van der Waals surface area (Å²) < 4.78 is 0. The summed E-state index contributed by atoms with van der Waals surface area (Å²) in [5, 5.41) is 2.90. The number of nitrogens with one attached hydrogen (secondary N) is 1. The van der Waals surface area contributed by atoms with Crippen molar-refractivity contribution >= 4 is 23.0 Å². The highest BCUT2D eigenvalue weighted by molar-refractivity contribution is 6.00. The molecule has 1 aromatic carbocycles. The Morgan fingerprint density at radius 1 is 1.30 bits per heavy atom. The van der Waals surface area contributed by atoms with Crippen molar-refractivity contribution in [2.45, 2.75) is 40.0 Å². The highest BCUT2D eigenvalue weighted by Gasteiger charge is 2.21. The minimum atomic E-state index is 0.0552. The SMILES string of the molecule is CCC(CC)CN(CC)c1cc2c(cc1N)CC(=O)N2. The summed E-state index contributed by atoms with van der Waals surface area (Å²) in [4.78, 5) is 13.8. The average Bonchev–Trinajstić information content (AvgIpc) is 2.79. The fourth-order valence-electron chi connectivity index (χ4n) is 2.81. The Hall–Kier alpha value is -1.71. The van der Waals surface area contributed by atoms with Gasteiger partial charge in [-0.1, -0.05) is 26.7 Å². The molecule has 1 heterocycles. The number of nitrogen functional groups attached to an aromatic ring is 1. The summed E-state index contributed by atoms with van der Waals surface area (Å²) in [5.41, 5.74) is 9.93. The van der Waals surface area contributed by atoms with E-state index in [4.69, 9.17) is 5.73 Å². The number of hydrogen-bond donors (Lipinski definition) is 2. The standard InChI is InChI=1S/C16H25N3O/c1-4-11(5-2)10-19(6-3)15-9-14-12(7-13(15)17)8-16(20)18-14/h7,9,11H,4-6,8,10,17H2,1-3H3,(H,18,20).